The summed E-state index contributed by atoms with van der Waals surface area (Å²) in [6.07, 6.45) is 12.0. The Balaban J connectivity index is 1.48. The number of hydrogen-bond donors (Lipinski definition) is 4. The number of nitrogens with two attached hydrogens (primary N) is 1. The van der Waals surface area contributed by atoms with E-state index in [1.54, 1.807) is 0 Å². The van der Waals surface area contributed by atoms with E-state index in [9.17, 15) is 10.4 Å². The molecular formula is C25H40N4O. The largest absolute Gasteiger partial charge is 0.390 e. The normalized spacial score (nSPS) is 47.0. The second kappa shape index (κ2) is 7.86. The predicted octanol–water partition coefficient (Wildman–Crippen LogP) is 4.33. The van der Waals surface area contributed by atoms with Crippen LogP contribution in [0.4, 0.5) is 0 Å². The van der Waals surface area contributed by atoms with E-state index in [2.05, 4.69) is 19.2 Å². The Hall–Kier alpha value is -1.54. The Morgan fingerprint density at radius 1 is 1.13 bits per heavy atom. The quantitative estimate of drug-likeness (QED) is 0.407. The maximum absolute atomic E-state index is 10.6. The van der Waals surface area contributed by atoms with E-state index in [1.165, 1.54) is 44.9 Å². The lowest BCUT2D eigenvalue weighted by Gasteiger charge is -2.57. The van der Waals surface area contributed by atoms with Crippen LogP contribution < -0.4 is 11.1 Å². The number of nitrogens with zero attached hydrogens (tertiary/aromatic N) is 1. The summed E-state index contributed by atoms with van der Waals surface area (Å²) in [5.74, 6) is 4.94. The van der Waals surface area contributed by atoms with Crippen molar-refractivity contribution in [1.29, 1.82) is 10.7 Å². The van der Waals surface area contributed by atoms with E-state index in [4.69, 9.17) is 11.1 Å². The van der Waals surface area contributed by atoms with Gasteiger partial charge in [0.25, 0.3) is 0 Å². The van der Waals surface area contributed by atoms with Crippen molar-refractivity contribution in [3.05, 3.63) is 11.4 Å². The Labute approximate surface area is 182 Å². The number of hydrogen-bond acceptors (Lipinski definition) is 5. The summed E-state index contributed by atoms with van der Waals surface area (Å²) in [7, 11) is 0. The van der Waals surface area contributed by atoms with Gasteiger partial charge in [0.1, 0.15) is 17.5 Å². The van der Waals surface area contributed by atoms with Crippen molar-refractivity contribution in [1.82, 2.24) is 5.32 Å². The number of allylic oxidation sites excluding steroid dienone is 1. The summed E-state index contributed by atoms with van der Waals surface area (Å²) in [4.78, 5) is 0. The van der Waals surface area contributed by atoms with Crippen LogP contribution in [0.2, 0.25) is 0 Å². The summed E-state index contributed by atoms with van der Waals surface area (Å²) in [5, 5.41) is 30.5. The van der Waals surface area contributed by atoms with Gasteiger partial charge in [-0.15, -0.1) is 0 Å². The molecule has 0 aromatic heterocycles. The van der Waals surface area contributed by atoms with E-state index in [-0.39, 0.29) is 11.6 Å². The fourth-order valence-electron chi connectivity index (χ4n) is 8.54. The minimum atomic E-state index is -0.442. The lowest BCUT2D eigenvalue weighted by molar-refractivity contribution is -0.101. The topological polar surface area (TPSA) is 106 Å². The summed E-state index contributed by atoms with van der Waals surface area (Å²) < 4.78 is 0. The Morgan fingerprint density at radius 2 is 1.87 bits per heavy atom. The fraction of sp³-hybridized carbons (Fsp3) is 0.840. The maximum atomic E-state index is 10.6. The zero-order chi connectivity index (χ0) is 21.7. The van der Waals surface area contributed by atoms with Crippen LogP contribution in [-0.4, -0.2) is 23.0 Å². The van der Waals surface area contributed by atoms with Gasteiger partial charge >= 0.3 is 0 Å². The molecule has 0 saturated heterocycles. The molecule has 4 aliphatic rings. The molecule has 4 fully saturated rings. The molecule has 0 aromatic carbocycles. The first-order valence-corrected chi connectivity index (χ1v) is 12.1. The molecule has 0 unspecified atom stereocenters. The van der Waals surface area contributed by atoms with Gasteiger partial charge < -0.3 is 21.6 Å². The number of aliphatic hydroxyl groups is 1. The molecule has 0 aromatic rings. The van der Waals surface area contributed by atoms with Gasteiger partial charge in [-0.05, 0) is 113 Å². The molecule has 9 atom stereocenters. The van der Waals surface area contributed by atoms with Crippen LogP contribution in [0.1, 0.15) is 78.6 Å². The Kier molecular flexibility index (Phi) is 5.68. The molecular weight excluding hydrogens is 372 g/mol. The second-order valence-corrected chi connectivity index (χ2v) is 11.4. The highest BCUT2D eigenvalue weighted by Gasteiger charge is 2.58. The standard InChI is InChI=1S/C25H40N4O/c1-15(29-23(28)17(13-26)14-27)21-6-7-22-20-5-4-16-12-24(2,30)10-8-18(16)19(20)9-11-25(21,22)3/h13,15-16,18-22,26,29-30H,4-12,28H2,1-3H3/b23-17+,26-13?/t15-,16-,18+,19-,20-,21-,22+,24-,25-/m1/s1. The van der Waals surface area contributed by atoms with Crippen LogP contribution in [0.3, 0.4) is 0 Å². The molecule has 166 valence electrons. The van der Waals surface area contributed by atoms with Crippen molar-refractivity contribution in [2.75, 3.05) is 0 Å². The van der Waals surface area contributed by atoms with Gasteiger partial charge in [0.2, 0.25) is 0 Å². The van der Waals surface area contributed by atoms with Crippen LogP contribution in [0.5, 0.6) is 0 Å². The molecule has 5 nitrogen and oxygen atoms in total. The van der Waals surface area contributed by atoms with Crippen LogP contribution >= 0.6 is 0 Å². The third-order valence-electron chi connectivity index (χ3n) is 9.85. The van der Waals surface area contributed by atoms with Crippen LogP contribution in [-0.2, 0) is 0 Å². The molecule has 4 aliphatic carbocycles. The van der Waals surface area contributed by atoms with Crippen LogP contribution in [0.25, 0.3) is 0 Å². The van der Waals surface area contributed by atoms with E-state index in [0.29, 0.717) is 17.2 Å². The second-order valence-electron chi connectivity index (χ2n) is 11.4. The van der Waals surface area contributed by atoms with Gasteiger partial charge in [0.15, 0.2) is 0 Å². The molecule has 0 amide bonds. The highest BCUT2D eigenvalue weighted by molar-refractivity contribution is 5.82. The van der Waals surface area contributed by atoms with Gasteiger partial charge in [-0.3, -0.25) is 0 Å². The molecule has 0 aliphatic heterocycles. The fourth-order valence-corrected chi connectivity index (χ4v) is 8.54. The molecule has 0 heterocycles. The third-order valence-corrected chi connectivity index (χ3v) is 9.85. The Morgan fingerprint density at radius 3 is 2.57 bits per heavy atom. The van der Waals surface area contributed by atoms with E-state index >= 15 is 0 Å². The van der Waals surface area contributed by atoms with Crippen molar-refractivity contribution in [2.24, 2.45) is 46.7 Å². The van der Waals surface area contributed by atoms with Gasteiger partial charge in [0.05, 0.1) is 5.60 Å². The molecule has 30 heavy (non-hydrogen) atoms. The van der Waals surface area contributed by atoms with E-state index in [0.717, 1.165) is 48.6 Å². The zero-order valence-electron chi connectivity index (χ0n) is 19.0. The van der Waals surface area contributed by atoms with Gasteiger partial charge in [-0.25, -0.2) is 0 Å². The number of nitrogens with one attached hydrogen (secondary N) is 2. The predicted molar refractivity (Wildman–Crippen MR) is 119 cm³/mol. The molecule has 5 N–H and O–H groups in total. The lowest BCUT2D eigenvalue weighted by atomic mass is 9.49. The number of fused-ring (bicyclic) bond motifs is 5. The minimum Gasteiger partial charge on any atom is -0.390 e. The summed E-state index contributed by atoms with van der Waals surface area (Å²) in [6.45, 7) is 6.76. The zero-order valence-corrected chi connectivity index (χ0v) is 19.0. The van der Waals surface area contributed by atoms with Crippen molar-refractivity contribution >= 4 is 6.21 Å². The van der Waals surface area contributed by atoms with Gasteiger partial charge in [-0.2, -0.15) is 5.26 Å². The number of rotatable bonds is 4. The first-order valence-electron chi connectivity index (χ1n) is 12.1. The molecule has 0 spiro atoms. The van der Waals surface area contributed by atoms with E-state index in [1.807, 2.05) is 13.0 Å². The summed E-state index contributed by atoms with van der Waals surface area (Å²) in [6, 6.07) is 2.22. The lowest BCUT2D eigenvalue weighted by Crippen LogP contribution is -2.52. The SMILES string of the molecule is C[C@@H](N/C(N)=C(/C#N)C=N)[C@H]1CC[C@H]2[C@@H]3CC[C@@H]4C[C@](C)(O)CC[C@@H]4[C@H]3CC[C@]12C. The summed E-state index contributed by atoms with van der Waals surface area (Å²) >= 11 is 0. The monoisotopic (exact) mass is 412 g/mol. The highest BCUT2D eigenvalue weighted by Crippen LogP contribution is 2.65. The van der Waals surface area contributed by atoms with Crippen LogP contribution in [0.15, 0.2) is 11.4 Å². The summed E-state index contributed by atoms with van der Waals surface area (Å²) in [5.41, 5.74) is 6.20. The average molecular weight is 413 g/mol. The Bertz CT molecular complexity index is 753. The third kappa shape index (κ3) is 3.55. The van der Waals surface area contributed by atoms with E-state index < -0.39 is 5.60 Å². The molecule has 5 heteroatoms. The van der Waals surface area contributed by atoms with Crippen molar-refractivity contribution < 1.29 is 5.11 Å². The van der Waals surface area contributed by atoms with Gasteiger partial charge in [0, 0.05) is 12.3 Å². The van der Waals surface area contributed by atoms with Gasteiger partial charge in [-0.1, -0.05) is 6.92 Å². The first-order chi connectivity index (χ1) is 14.2. The first kappa shape index (κ1) is 21.7. The van der Waals surface area contributed by atoms with Crippen molar-refractivity contribution in [2.45, 2.75) is 90.2 Å². The smallest absolute Gasteiger partial charge is 0.116 e. The minimum absolute atomic E-state index is 0.209. The maximum Gasteiger partial charge on any atom is 0.116 e. The highest BCUT2D eigenvalue weighted by atomic mass is 16.3. The molecule has 0 radical (unpaired) electrons. The van der Waals surface area contributed by atoms with Crippen molar-refractivity contribution in [3.8, 4) is 6.07 Å². The molecule has 4 rings (SSSR count). The average Bonchev–Trinajstić information content (AvgIpc) is 3.05. The molecule has 0 bridgehead atoms. The number of nitriles is 1. The molecule has 4 saturated carbocycles. The van der Waals surface area contributed by atoms with Crippen molar-refractivity contribution in [3.63, 3.8) is 0 Å². The van der Waals surface area contributed by atoms with Crippen LogP contribution in [0, 0.1) is 57.7 Å².